The van der Waals surface area contributed by atoms with Crippen molar-refractivity contribution in [2.45, 2.75) is 6.61 Å². The van der Waals surface area contributed by atoms with Gasteiger partial charge in [-0.3, -0.25) is 0 Å². The van der Waals surface area contributed by atoms with Crippen molar-refractivity contribution < 1.29 is 30.0 Å². The Hall–Kier alpha value is -3.25. The van der Waals surface area contributed by atoms with E-state index < -0.39 is 5.97 Å². The highest BCUT2D eigenvalue weighted by Gasteiger charge is 2.22. The fraction of sp³-hybridized carbons (Fsp3) is 0.0556. The van der Waals surface area contributed by atoms with E-state index in [1.807, 2.05) is 0 Å². The number of phenolic OH excluding ortho intramolecular Hbond substituents is 2. The van der Waals surface area contributed by atoms with Gasteiger partial charge in [0.25, 0.3) is 0 Å². The summed E-state index contributed by atoms with van der Waals surface area (Å²) in [5.41, 5.74) is 1.70. The monoisotopic (exact) mass is 326 g/mol. The molecule has 0 bridgehead atoms. The minimum atomic E-state index is -0.559. The van der Waals surface area contributed by atoms with Crippen LogP contribution in [0.15, 0.2) is 48.0 Å². The first-order valence-electron chi connectivity index (χ1n) is 7.08. The average molecular weight is 326 g/mol. The molecule has 6 nitrogen and oxygen atoms in total. The van der Waals surface area contributed by atoms with Crippen LogP contribution in [-0.2, 0) is 16.1 Å². The van der Waals surface area contributed by atoms with Gasteiger partial charge in [0.15, 0.2) is 11.5 Å². The second-order valence-electron chi connectivity index (χ2n) is 5.25. The lowest BCUT2D eigenvalue weighted by Gasteiger charge is -2.03. The highest BCUT2D eigenvalue weighted by Crippen LogP contribution is 2.33. The Kier molecular flexibility index (Phi) is 3.97. The summed E-state index contributed by atoms with van der Waals surface area (Å²) in [5, 5.41) is 37.6. The number of rotatable bonds is 3. The van der Waals surface area contributed by atoms with Crippen LogP contribution in [0.1, 0.15) is 16.7 Å². The van der Waals surface area contributed by atoms with Gasteiger partial charge in [-0.2, -0.15) is 0 Å². The van der Waals surface area contributed by atoms with Gasteiger partial charge in [-0.15, -0.1) is 0 Å². The Labute approximate surface area is 137 Å². The molecule has 0 unspecified atom stereocenters. The Morgan fingerprint density at radius 3 is 2.42 bits per heavy atom. The Morgan fingerprint density at radius 2 is 1.71 bits per heavy atom. The number of phenols is 3. The second kappa shape index (κ2) is 6.10. The van der Waals surface area contributed by atoms with Gasteiger partial charge in [0.05, 0.1) is 12.2 Å². The Balaban J connectivity index is 1.95. The molecule has 0 fully saturated rings. The van der Waals surface area contributed by atoms with Crippen LogP contribution in [-0.4, -0.2) is 26.4 Å². The predicted octanol–water partition coefficient (Wildman–Crippen LogP) is 2.28. The molecule has 0 aromatic heterocycles. The number of hydrogen-bond acceptors (Lipinski definition) is 6. The van der Waals surface area contributed by atoms with Gasteiger partial charge in [-0.25, -0.2) is 4.79 Å². The summed E-state index contributed by atoms with van der Waals surface area (Å²) in [5.74, 6) is -0.906. The maximum absolute atomic E-state index is 12.0. The molecular formula is C18H14O6. The third-order valence-electron chi connectivity index (χ3n) is 3.58. The molecule has 0 atom stereocenters. The van der Waals surface area contributed by atoms with Crippen molar-refractivity contribution in [3.05, 3.63) is 64.7 Å². The molecule has 1 aliphatic rings. The van der Waals surface area contributed by atoms with Gasteiger partial charge in [0, 0.05) is 11.1 Å². The number of carbonyl (C=O) groups excluding carboxylic acids is 1. The van der Waals surface area contributed by atoms with Crippen LogP contribution in [0.2, 0.25) is 0 Å². The molecule has 0 radical (unpaired) electrons. The molecule has 122 valence electrons. The van der Waals surface area contributed by atoms with E-state index in [1.165, 1.54) is 30.3 Å². The topological polar surface area (TPSA) is 107 Å². The number of ether oxygens (including phenoxy) is 1. The zero-order valence-electron chi connectivity index (χ0n) is 12.4. The molecule has 4 N–H and O–H groups in total. The average Bonchev–Trinajstić information content (AvgIpc) is 2.92. The summed E-state index contributed by atoms with van der Waals surface area (Å²) in [7, 11) is 0. The summed E-state index contributed by atoms with van der Waals surface area (Å²) in [6, 6.07) is 8.71. The first-order chi connectivity index (χ1) is 11.5. The van der Waals surface area contributed by atoms with Crippen molar-refractivity contribution in [2.75, 3.05) is 0 Å². The van der Waals surface area contributed by atoms with Gasteiger partial charge in [0.1, 0.15) is 11.5 Å². The van der Waals surface area contributed by atoms with E-state index in [0.717, 1.165) is 0 Å². The number of aliphatic hydroxyl groups excluding tert-OH is 1. The van der Waals surface area contributed by atoms with Crippen molar-refractivity contribution in [3.63, 3.8) is 0 Å². The second-order valence-corrected chi connectivity index (χ2v) is 5.25. The summed E-state index contributed by atoms with van der Waals surface area (Å²) >= 11 is 0. The molecule has 0 saturated carbocycles. The third kappa shape index (κ3) is 2.95. The molecular weight excluding hydrogens is 312 g/mol. The molecule has 0 amide bonds. The van der Waals surface area contributed by atoms with E-state index in [1.54, 1.807) is 18.2 Å². The largest absolute Gasteiger partial charge is 0.508 e. The van der Waals surface area contributed by atoms with Crippen LogP contribution >= 0.6 is 0 Å². The summed E-state index contributed by atoms with van der Waals surface area (Å²) in [6.07, 6.45) is 3.08. The molecule has 2 aromatic rings. The van der Waals surface area contributed by atoms with Crippen LogP contribution in [0.4, 0.5) is 0 Å². The van der Waals surface area contributed by atoms with Crippen molar-refractivity contribution in [2.24, 2.45) is 0 Å². The molecule has 6 heteroatoms. The van der Waals surface area contributed by atoms with Crippen LogP contribution in [0.5, 0.6) is 17.2 Å². The first-order valence-corrected chi connectivity index (χ1v) is 7.08. The van der Waals surface area contributed by atoms with Crippen molar-refractivity contribution in [3.8, 4) is 17.2 Å². The molecule has 3 rings (SSSR count). The van der Waals surface area contributed by atoms with Gasteiger partial charge in [-0.05, 0) is 48.0 Å². The fourth-order valence-corrected chi connectivity index (χ4v) is 2.31. The summed E-state index contributed by atoms with van der Waals surface area (Å²) in [6.45, 7) is -0.318. The SMILES string of the molecule is O=C1OC(c2ccc(O)c(O)c2)=C/C1=C\c1ccc(O)c(CO)c1. The van der Waals surface area contributed by atoms with Gasteiger partial charge in [0.2, 0.25) is 0 Å². The van der Waals surface area contributed by atoms with Crippen molar-refractivity contribution >= 4 is 17.8 Å². The van der Waals surface area contributed by atoms with Gasteiger partial charge in [-0.1, -0.05) is 6.07 Å². The highest BCUT2D eigenvalue weighted by molar-refractivity contribution is 6.05. The minimum Gasteiger partial charge on any atom is -0.508 e. The van der Waals surface area contributed by atoms with E-state index >= 15 is 0 Å². The zero-order valence-corrected chi connectivity index (χ0v) is 12.4. The van der Waals surface area contributed by atoms with Crippen LogP contribution in [0, 0.1) is 0 Å². The first kappa shape index (κ1) is 15.6. The predicted molar refractivity (Wildman–Crippen MR) is 85.8 cm³/mol. The van der Waals surface area contributed by atoms with E-state index in [4.69, 9.17) is 9.84 Å². The maximum atomic E-state index is 12.0. The van der Waals surface area contributed by atoms with Crippen LogP contribution in [0.3, 0.4) is 0 Å². The van der Waals surface area contributed by atoms with Gasteiger partial charge < -0.3 is 25.2 Å². The van der Waals surface area contributed by atoms with E-state index in [0.29, 0.717) is 16.7 Å². The quantitative estimate of drug-likeness (QED) is 0.392. The lowest BCUT2D eigenvalue weighted by Crippen LogP contribution is -1.97. The molecule has 2 aromatic carbocycles. The van der Waals surface area contributed by atoms with Gasteiger partial charge >= 0.3 is 5.97 Å². The normalized spacial score (nSPS) is 15.5. The molecule has 0 saturated heterocycles. The van der Waals surface area contributed by atoms with Crippen LogP contribution < -0.4 is 0 Å². The summed E-state index contributed by atoms with van der Waals surface area (Å²) in [4.78, 5) is 12.0. The number of cyclic esters (lactones) is 1. The smallest absolute Gasteiger partial charge is 0.343 e. The van der Waals surface area contributed by atoms with Crippen molar-refractivity contribution in [1.82, 2.24) is 0 Å². The molecule has 24 heavy (non-hydrogen) atoms. The van der Waals surface area contributed by atoms with Crippen molar-refractivity contribution in [1.29, 1.82) is 0 Å². The number of esters is 1. The number of carbonyl (C=O) groups is 1. The molecule has 1 aliphatic heterocycles. The number of aliphatic hydroxyl groups is 1. The van der Waals surface area contributed by atoms with E-state index in [2.05, 4.69) is 0 Å². The lowest BCUT2D eigenvalue weighted by molar-refractivity contribution is -0.130. The Morgan fingerprint density at radius 1 is 0.958 bits per heavy atom. The molecule has 0 aliphatic carbocycles. The highest BCUT2D eigenvalue weighted by atomic mass is 16.5. The minimum absolute atomic E-state index is 0.0237. The third-order valence-corrected chi connectivity index (χ3v) is 3.58. The maximum Gasteiger partial charge on any atom is 0.343 e. The lowest BCUT2D eigenvalue weighted by atomic mass is 10.1. The Bertz CT molecular complexity index is 879. The standard InChI is InChI=1S/C18H14O6/c19-9-13-6-10(1-3-14(13)20)5-12-8-17(24-18(12)23)11-2-4-15(21)16(22)7-11/h1-8,19-22H,9H2/b12-5+. The molecule has 1 heterocycles. The molecule has 0 spiro atoms. The van der Waals surface area contributed by atoms with E-state index in [9.17, 15) is 20.1 Å². The van der Waals surface area contributed by atoms with E-state index in [-0.39, 0.29) is 35.2 Å². The number of aromatic hydroxyl groups is 3. The number of benzene rings is 2. The summed E-state index contributed by atoms with van der Waals surface area (Å²) < 4.78 is 5.17. The van der Waals surface area contributed by atoms with Crippen LogP contribution in [0.25, 0.3) is 11.8 Å². The fourth-order valence-electron chi connectivity index (χ4n) is 2.31. The zero-order chi connectivity index (χ0) is 17.3. The number of hydrogen-bond donors (Lipinski definition) is 4.